The van der Waals surface area contributed by atoms with Gasteiger partial charge in [0, 0.05) is 30.2 Å². The van der Waals surface area contributed by atoms with E-state index in [0.717, 1.165) is 6.54 Å². The van der Waals surface area contributed by atoms with Crippen molar-refractivity contribution >= 4 is 11.8 Å². The molecule has 2 atom stereocenters. The zero-order chi connectivity index (χ0) is 11.1. The Hall–Kier alpha value is -0.580. The Kier molecular flexibility index (Phi) is 5.68. The molecular formula is C11H18N2OS. The van der Waals surface area contributed by atoms with Crippen LogP contribution in [0.15, 0.2) is 24.5 Å². The van der Waals surface area contributed by atoms with Gasteiger partial charge in [-0.2, -0.15) is 11.8 Å². The molecular weight excluding hydrogens is 208 g/mol. The van der Waals surface area contributed by atoms with Gasteiger partial charge in [0.2, 0.25) is 0 Å². The number of pyridine rings is 1. The quantitative estimate of drug-likeness (QED) is 0.767. The van der Waals surface area contributed by atoms with E-state index in [1.807, 2.05) is 18.4 Å². The van der Waals surface area contributed by atoms with Crippen LogP contribution in [0, 0.1) is 0 Å². The maximum atomic E-state index is 9.12. The van der Waals surface area contributed by atoms with Crippen molar-refractivity contribution in [3.63, 3.8) is 0 Å². The van der Waals surface area contributed by atoms with Crippen LogP contribution < -0.4 is 5.32 Å². The Bertz CT molecular complexity index is 265. The highest BCUT2D eigenvalue weighted by molar-refractivity contribution is 7.99. The summed E-state index contributed by atoms with van der Waals surface area (Å²) in [6, 6.07) is 4.29. The van der Waals surface area contributed by atoms with Crippen molar-refractivity contribution in [3.05, 3.63) is 30.1 Å². The molecule has 4 heteroatoms. The molecule has 2 unspecified atom stereocenters. The number of hydrogen-bond acceptors (Lipinski definition) is 4. The molecule has 84 valence electrons. The second-order valence-electron chi connectivity index (χ2n) is 3.48. The lowest BCUT2D eigenvalue weighted by Gasteiger charge is -2.21. The number of nitrogens with one attached hydrogen (secondary N) is 1. The van der Waals surface area contributed by atoms with Crippen LogP contribution in [0.3, 0.4) is 0 Å². The van der Waals surface area contributed by atoms with Crippen molar-refractivity contribution in [2.45, 2.75) is 24.8 Å². The van der Waals surface area contributed by atoms with Gasteiger partial charge >= 0.3 is 0 Å². The van der Waals surface area contributed by atoms with E-state index in [1.165, 1.54) is 5.56 Å². The highest BCUT2D eigenvalue weighted by Gasteiger charge is 2.13. The molecule has 1 aromatic rings. The van der Waals surface area contributed by atoms with Gasteiger partial charge in [0.05, 0.1) is 6.61 Å². The summed E-state index contributed by atoms with van der Waals surface area (Å²) in [5.74, 6) is 0. The second kappa shape index (κ2) is 6.82. The third kappa shape index (κ3) is 4.20. The SMILES string of the molecule is CSC(CO)C(C)NCc1ccncc1. The molecule has 0 saturated carbocycles. The predicted molar refractivity (Wildman–Crippen MR) is 64.9 cm³/mol. The standard InChI is InChI=1S/C11H18N2OS/c1-9(11(8-14)15-2)13-7-10-3-5-12-6-4-10/h3-6,9,11,13-14H,7-8H2,1-2H3. The van der Waals surface area contributed by atoms with Crippen LogP contribution in [0.5, 0.6) is 0 Å². The molecule has 0 aromatic carbocycles. The highest BCUT2D eigenvalue weighted by Crippen LogP contribution is 2.10. The van der Waals surface area contributed by atoms with E-state index in [0.29, 0.717) is 6.04 Å². The third-order valence-electron chi connectivity index (χ3n) is 2.42. The molecule has 15 heavy (non-hydrogen) atoms. The molecule has 0 saturated heterocycles. The molecule has 0 amide bonds. The zero-order valence-electron chi connectivity index (χ0n) is 9.18. The predicted octanol–water partition coefficient (Wildman–Crippen LogP) is 1.28. The van der Waals surface area contributed by atoms with Crippen molar-refractivity contribution < 1.29 is 5.11 Å². The summed E-state index contributed by atoms with van der Waals surface area (Å²) in [6.07, 6.45) is 5.60. The lowest BCUT2D eigenvalue weighted by Crippen LogP contribution is -2.37. The van der Waals surface area contributed by atoms with E-state index in [9.17, 15) is 0 Å². The fourth-order valence-corrected chi connectivity index (χ4v) is 2.00. The van der Waals surface area contributed by atoms with Gasteiger partial charge in [0.1, 0.15) is 0 Å². The molecule has 2 N–H and O–H groups in total. The number of aromatic nitrogens is 1. The van der Waals surface area contributed by atoms with Gasteiger partial charge < -0.3 is 10.4 Å². The molecule has 0 aliphatic heterocycles. The van der Waals surface area contributed by atoms with Gasteiger partial charge in [0.25, 0.3) is 0 Å². The topological polar surface area (TPSA) is 45.1 Å². The zero-order valence-corrected chi connectivity index (χ0v) is 10.00. The van der Waals surface area contributed by atoms with Crippen LogP contribution in [-0.2, 0) is 6.54 Å². The van der Waals surface area contributed by atoms with Crippen molar-refractivity contribution in [1.82, 2.24) is 10.3 Å². The maximum Gasteiger partial charge on any atom is 0.0564 e. The van der Waals surface area contributed by atoms with Crippen molar-refractivity contribution in [1.29, 1.82) is 0 Å². The van der Waals surface area contributed by atoms with E-state index in [-0.39, 0.29) is 11.9 Å². The van der Waals surface area contributed by atoms with Gasteiger partial charge in [-0.25, -0.2) is 0 Å². The van der Waals surface area contributed by atoms with Crippen LogP contribution in [0.1, 0.15) is 12.5 Å². The first-order valence-electron chi connectivity index (χ1n) is 5.04. The van der Waals surface area contributed by atoms with Crippen molar-refractivity contribution in [2.75, 3.05) is 12.9 Å². The summed E-state index contributed by atoms with van der Waals surface area (Å²) >= 11 is 1.69. The van der Waals surface area contributed by atoms with Crippen molar-refractivity contribution in [2.24, 2.45) is 0 Å². The Morgan fingerprint density at radius 1 is 1.47 bits per heavy atom. The molecule has 0 fully saturated rings. The summed E-state index contributed by atoms with van der Waals surface area (Å²) in [5.41, 5.74) is 1.22. The first kappa shape index (κ1) is 12.5. The minimum Gasteiger partial charge on any atom is -0.395 e. The first-order chi connectivity index (χ1) is 7.27. The highest BCUT2D eigenvalue weighted by atomic mass is 32.2. The average molecular weight is 226 g/mol. The van der Waals surface area contributed by atoms with E-state index in [2.05, 4.69) is 17.2 Å². The number of rotatable bonds is 6. The fourth-order valence-electron chi connectivity index (χ4n) is 1.35. The van der Waals surface area contributed by atoms with Gasteiger partial charge in [-0.05, 0) is 30.9 Å². The van der Waals surface area contributed by atoms with Crippen LogP contribution in [0.25, 0.3) is 0 Å². The Balaban J connectivity index is 2.36. The minimum absolute atomic E-state index is 0.214. The molecule has 3 nitrogen and oxygen atoms in total. The number of aliphatic hydroxyl groups excluding tert-OH is 1. The summed E-state index contributed by atoms with van der Waals surface area (Å²) in [5, 5.41) is 12.8. The third-order valence-corrected chi connectivity index (χ3v) is 3.58. The van der Waals surface area contributed by atoms with Crippen LogP contribution >= 0.6 is 11.8 Å². The van der Waals surface area contributed by atoms with Crippen LogP contribution in [-0.4, -0.2) is 34.2 Å². The van der Waals surface area contributed by atoms with Gasteiger partial charge in [-0.1, -0.05) is 0 Å². The molecule has 0 radical (unpaired) electrons. The molecule has 0 aliphatic carbocycles. The van der Waals surface area contributed by atoms with E-state index in [4.69, 9.17) is 5.11 Å². The molecule has 1 rings (SSSR count). The maximum absolute atomic E-state index is 9.12. The Labute approximate surface area is 95.3 Å². The van der Waals surface area contributed by atoms with E-state index < -0.39 is 0 Å². The number of nitrogens with zero attached hydrogens (tertiary/aromatic N) is 1. The summed E-state index contributed by atoms with van der Waals surface area (Å²) in [7, 11) is 0. The average Bonchev–Trinajstić information content (AvgIpc) is 2.29. The molecule has 0 bridgehead atoms. The fraction of sp³-hybridized carbons (Fsp3) is 0.545. The first-order valence-corrected chi connectivity index (χ1v) is 6.32. The monoisotopic (exact) mass is 226 g/mol. The number of thioether (sulfide) groups is 1. The second-order valence-corrected chi connectivity index (χ2v) is 4.56. The number of aliphatic hydroxyl groups is 1. The van der Waals surface area contributed by atoms with Gasteiger partial charge in [0.15, 0.2) is 0 Å². The van der Waals surface area contributed by atoms with E-state index in [1.54, 1.807) is 24.2 Å². The normalized spacial score (nSPS) is 14.9. The molecule has 1 aromatic heterocycles. The summed E-state index contributed by atoms with van der Waals surface area (Å²) < 4.78 is 0. The van der Waals surface area contributed by atoms with E-state index >= 15 is 0 Å². The largest absolute Gasteiger partial charge is 0.395 e. The molecule has 0 spiro atoms. The molecule has 0 aliphatic rings. The lowest BCUT2D eigenvalue weighted by molar-refractivity contribution is 0.276. The van der Waals surface area contributed by atoms with Gasteiger partial charge in [-0.15, -0.1) is 0 Å². The smallest absolute Gasteiger partial charge is 0.0564 e. The minimum atomic E-state index is 0.214. The Morgan fingerprint density at radius 3 is 2.67 bits per heavy atom. The van der Waals surface area contributed by atoms with Crippen molar-refractivity contribution in [3.8, 4) is 0 Å². The number of hydrogen-bond donors (Lipinski definition) is 2. The Morgan fingerprint density at radius 2 is 2.13 bits per heavy atom. The molecule has 1 heterocycles. The summed E-state index contributed by atoms with van der Waals surface area (Å²) in [4.78, 5) is 3.97. The summed E-state index contributed by atoms with van der Waals surface area (Å²) in [6.45, 7) is 3.13. The van der Waals surface area contributed by atoms with Crippen LogP contribution in [0.2, 0.25) is 0 Å². The lowest BCUT2D eigenvalue weighted by atomic mass is 10.2. The van der Waals surface area contributed by atoms with Crippen LogP contribution in [0.4, 0.5) is 0 Å². The van der Waals surface area contributed by atoms with Gasteiger partial charge in [-0.3, -0.25) is 4.98 Å².